The highest BCUT2D eigenvalue weighted by Gasteiger charge is 2.09. The number of esters is 1. The molecule has 3 rings (SSSR count). The van der Waals surface area contributed by atoms with E-state index in [1.165, 1.54) is 13.4 Å². The van der Waals surface area contributed by atoms with Crippen molar-refractivity contribution in [2.75, 3.05) is 7.11 Å². The number of nitrogens with one attached hydrogen (secondary N) is 1. The molecule has 0 aliphatic carbocycles. The molecule has 0 atom stereocenters. The van der Waals surface area contributed by atoms with Crippen molar-refractivity contribution in [1.29, 1.82) is 0 Å². The number of nitrogens with zero attached hydrogens (tertiary/aromatic N) is 2. The highest BCUT2D eigenvalue weighted by Crippen LogP contribution is 2.17. The number of hydrogen-bond acceptors (Lipinski definition) is 4. The summed E-state index contributed by atoms with van der Waals surface area (Å²) in [7, 11) is 1.38. The van der Waals surface area contributed by atoms with Crippen LogP contribution in [0.1, 0.15) is 10.4 Å². The average Bonchev–Trinajstić information content (AvgIpc) is 2.97. The Morgan fingerprint density at radius 3 is 2.53 bits per heavy atom. The number of ether oxygens (including phenoxy) is 1. The molecule has 5 heteroatoms. The van der Waals surface area contributed by atoms with Crippen LogP contribution in [0.4, 0.5) is 0 Å². The molecule has 0 spiro atoms. The average molecular weight is 255 g/mol. The van der Waals surface area contributed by atoms with Gasteiger partial charge in [0.1, 0.15) is 6.33 Å². The minimum Gasteiger partial charge on any atom is -0.465 e. The molecule has 19 heavy (non-hydrogen) atoms. The number of aromatic amines is 1. The normalized spacial score (nSPS) is 9.53. The van der Waals surface area contributed by atoms with E-state index in [0.717, 1.165) is 10.9 Å². The first-order chi connectivity index (χ1) is 9.33. The number of H-pyrrole nitrogens is 1. The highest BCUT2D eigenvalue weighted by molar-refractivity contribution is 6.03. The van der Waals surface area contributed by atoms with Crippen molar-refractivity contribution in [2.24, 2.45) is 0 Å². The fourth-order valence-corrected chi connectivity index (χ4v) is 1.63. The Morgan fingerprint density at radius 1 is 1.16 bits per heavy atom. The number of rotatable bonds is 1. The second kappa shape index (κ2) is 6.30. The number of methoxy groups -OCH3 is 1. The van der Waals surface area contributed by atoms with Gasteiger partial charge in [0.05, 0.1) is 12.7 Å². The van der Waals surface area contributed by atoms with E-state index < -0.39 is 0 Å². The van der Waals surface area contributed by atoms with E-state index in [1.807, 2.05) is 18.2 Å². The van der Waals surface area contributed by atoms with Crippen molar-refractivity contribution in [3.05, 3.63) is 60.8 Å². The lowest BCUT2D eigenvalue weighted by Gasteiger charge is -1.99. The van der Waals surface area contributed by atoms with Crippen molar-refractivity contribution >= 4 is 16.9 Å². The lowest BCUT2D eigenvalue weighted by Crippen LogP contribution is -2.00. The van der Waals surface area contributed by atoms with Crippen molar-refractivity contribution in [2.45, 2.75) is 0 Å². The summed E-state index contributed by atoms with van der Waals surface area (Å²) in [5.41, 5.74) is 1.55. The summed E-state index contributed by atoms with van der Waals surface area (Å²) in [6.07, 6.45) is 6.68. The quantitative estimate of drug-likeness (QED) is 0.678. The van der Waals surface area contributed by atoms with Gasteiger partial charge in [0.2, 0.25) is 0 Å². The van der Waals surface area contributed by atoms with Crippen molar-refractivity contribution in [3.63, 3.8) is 0 Å². The number of carbonyl (C=O) groups excluding carboxylic acids is 1. The Morgan fingerprint density at radius 2 is 1.95 bits per heavy atom. The molecule has 96 valence electrons. The molecular formula is C14H13N3O2. The van der Waals surface area contributed by atoms with E-state index in [9.17, 15) is 4.79 Å². The van der Waals surface area contributed by atoms with E-state index in [2.05, 4.69) is 19.7 Å². The van der Waals surface area contributed by atoms with Crippen LogP contribution in [0.15, 0.2) is 55.2 Å². The predicted molar refractivity (Wildman–Crippen MR) is 71.7 cm³/mol. The van der Waals surface area contributed by atoms with Gasteiger partial charge in [-0.2, -0.15) is 0 Å². The molecule has 0 aliphatic rings. The fourth-order valence-electron chi connectivity index (χ4n) is 1.63. The van der Waals surface area contributed by atoms with Gasteiger partial charge in [-0.3, -0.25) is 0 Å². The third-order valence-electron chi connectivity index (χ3n) is 2.48. The molecule has 0 aliphatic heterocycles. The van der Waals surface area contributed by atoms with Gasteiger partial charge in [-0.05, 0) is 24.3 Å². The molecule has 0 radical (unpaired) electrons. The van der Waals surface area contributed by atoms with Crippen LogP contribution in [0.3, 0.4) is 0 Å². The van der Waals surface area contributed by atoms with Crippen LogP contribution in [0, 0.1) is 0 Å². The van der Waals surface area contributed by atoms with E-state index >= 15 is 0 Å². The largest absolute Gasteiger partial charge is 0.465 e. The minimum atomic E-state index is -0.301. The van der Waals surface area contributed by atoms with Gasteiger partial charge in [-0.15, -0.1) is 0 Å². The lowest BCUT2D eigenvalue weighted by atomic mass is 10.1. The van der Waals surface area contributed by atoms with Crippen LogP contribution in [-0.4, -0.2) is 28.0 Å². The molecular weight excluding hydrogens is 242 g/mol. The maximum atomic E-state index is 11.3. The number of hydrogen-bond donors (Lipinski definition) is 1. The van der Waals surface area contributed by atoms with Crippen molar-refractivity contribution in [3.8, 4) is 0 Å². The highest BCUT2D eigenvalue weighted by atomic mass is 16.5. The third kappa shape index (κ3) is 3.16. The molecule has 0 saturated carbocycles. The Labute approximate surface area is 110 Å². The van der Waals surface area contributed by atoms with Crippen LogP contribution in [0.25, 0.3) is 10.9 Å². The van der Waals surface area contributed by atoms with E-state index in [0.29, 0.717) is 5.56 Å². The predicted octanol–water partition coefficient (Wildman–Crippen LogP) is 2.43. The van der Waals surface area contributed by atoms with E-state index in [1.54, 1.807) is 30.7 Å². The summed E-state index contributed by atoms with van der Waals surface area (Å²) in [6.45, 7) is 0. The van der Waals surface area contributed by atoms with Crippen molar-refractivity contribution < 1.29 is 9.53 Å². The maximum Gasteiger partial charge on any atom is 0.338 e. The topological polar surface area (TPSA) is 67.9 Å². The van der Waals surface area contributed by atoms with Gasteiger partial charge in [-0.25, -0.2) is 14.8 Å². The molecule has 2 heterocycles. The Kier molecular flexibility index (Phi) is 4.23. The number of benzene rings is 1. The smallest absolute Gasteiger partial charge is 0.338 e. The first-order valence-corrected chi connectivity index (χ1v) is 5.67. The zero-order valence-electron chi connectivity index (χ0n) is 10.4. The van der Waals surface area contributed by atoms with Gasteiger partial charge in [0.15, 0.2) is 0 Å². The molecule has 2 aromatic heterocycles. The standard InChI is InChI=1S/C10H9NO2.C4H4N2/c1-13-10(12)8-3-2-4-9-7(8)5-6-11-9;1-2-5-4-6-3-1/h2-6,11H,1H3;1-4H. The third-order valence-corrected chi connectivity index (χ3v) is 2.48. The van der Waals surface area contributed by atoms with Crippen LogP contribution in [0.5, 0.6) is 0 Å². The SMILES string of the molecule is COC(=O)c1cccc2[nH]ccc12.c1cncnc1. The van der Waals surface area contributed by atoms with Gasteiger partial charge in [0, 0.05) is 29.5 Å². The van der Waals surface area contributed by atoms with Crippen LogP contribution >= 0.6 is 0 Å². The summed E-state index contributed by atoms with van der Waals surface area (Å²) in [4.78, 5) is 21.7. The van der Waals surface area contributed by atoms with E-state index in [-0.39, 0.29) is 5.97 Å². The molecule has 0 fully saturated rings. The Bertz CT molecular complexity index is 623. The molecule has 0 amide bonds. The van der Waals surface area contributed by atoms with Crippen LogP contribution in [0.2, 0.25) is 0 Å². The minimum absolute atomic E-state index is 0.301. The molecule has 1 N–H and O–H groups in total. The molecule has 0 unspecified atom stereocenters. The summed E-state index contributed by atoms with van der Waals surface area (Å²) in [5, 5.41) is 0.898. The molecule has 0 saturated heterocycles. The van der Waals surface area contributed by atoms with Gasteiger partial charge < -0.3 is 9.72 Å². The second-order valence-electron chi connectivity index (χ2n) is 3.64. The zero-order chi connectivity index (χ0) is 13.5. The molecule has 0 bridgehead atoms. The number of carbonyl (C=O) groups is 1. The van der Waals surface area contributed by atoms with Gasteiger partial charge in [-0.1, -0.05) is 6.07 Å². The summed E-state index contributed by atoms with van der Waals surface area (Å²) in [5.74, 6) is -0.301. The van der Waals surface area contributed by atoms with Crippen LogP contribution in [-0.2, 0) is 4.74 Å². The number of aromatic nitrogens is 3. The molecule has 5 nitrogen and oxygen atoms in total. The first-order valence-electron chi connectivity index (χ1n) is 5.67. The van der Waals surface area contributed by atoms with Gasteiger partial charge >= 0.3 is 5.97 Å². The van der Waals surface area contributed by atoms with Crippen LogP contribution < -0.4 is 0 Å². The molecule has 3 aromatic rings. The zero-order valence-corrected chi connectivity index (χ0v) is 10.4. The second-order valence-corrected chi connectivity index (χ2v) is 3.64. The lowest BCUT2D eigenvalue weighted by molar-refractivity contribution is 0.0603. The van der Waals surface area contributed by atoms with Gasteiger partial charge in [0.25, 0.3) is 0 Å². The van der Waals surface area contributed by atoms with E-state index in [4.69, 9.17) is 0 Å². The molecule has 1 aromatic carbocycles. The Hall–Kier alpha value is -2.69. The first kappa shape index (κ1) is 12.8. The summed E-state index contributed by atoms with van der Waals surface area (Å²) >= 11 is 0. The maximum absolute atomic E-state index is 11.3. The Balaban J connectivity index is 0.000000186. The summed E-state index contributed by atoms with van der Waals surface area (Å²) in [6, 6.07) is 9.14. The monoisotopic (exact) mass is 255 g/mol. The fraction of sp³-hybridized carbons (Fsp3) is 0.0714. The number of fused-ring (bicyclic) bond motifs is 1. The van der Waals surface area contributed by atoms with Crippen molar-refractivity contribution in [1.82, 2.24) is 15.0 Å². The summed E-state index contributed by atoms with van der Waals surface area (Å²) < 4.78 is 4.66.